The van der Waals surface area contributed by atoms with Crippen molar-refractivity contribution in [2.24, 2.45) is 13.0 Å². The minimum absolute atomic E-state index is 0.0130. The molecule has 24 heavy (non-hydrogen) atoms. The van der Waals surface area contributed by atoms with Crippen LogP contribution < -0.4 is 10.2 Å². The van der Waals surface area contributed by atoms with E-state index in [2.05, 4.69) is 46.3 Å². The van der Waals surface area contributed by atoms with Crippen molar-refractivity contribution in [1.82, 2.24) is 25.3 Å². The topological polar surface area (TPSA) is 75.9 Å². The van der Waals surface area contributed by atoms with E-state index in [0.29, 0.717) is 18.2 Å². The monoisotopic (exact) mass is 328 g/mol. The molecule has 3 heterocycles. The highest BCUT2D eigenvalue weighted by molar-refractivity contribution is 5.92. The van der Waals surface area contributed by atoms with E-state index in [1.54, 1.807) is 24.0 Å². The third-order valence-electron chi connectivity index (χ3n) is 4.30. The third-order valence-corrected chi connectivity index (χ3v) is 4.30. The summed E-state index contributed by atoms with van der Waals surface area (Å²) < 4.78 is 1.58. The molecular formula is C17H24N6O. The molecule has 1 amide bonds. The third kappa shape index (κ3) is 3.39. The van der Waals surface area contributed by atoms with E-state index in [1.165, 1.54) is 0 Å². The highest BCUT2D eigenvalue weighted by Crippen LogP contribution is 2.24. The average molecular weight is 328 g/mol. The first-order valence-corrected chi connectivity index (χ1v) is 8.20. The van der Waals surface area contributed by atoms with Crippen LogP contribution in [0.15, 0.2) is 24.4 Å². The molecule has 0 atom stereocenters. The second-order valence-electron chi connectivity index (χ2n) is 7.35. The lowest BCUT2D eigenvalue weighted by molar-refractivity contribution is 0.0935. The van der Waals surface area contributed by atoms with E-state index in [-0.39, 0.29) is 11.3 Å². The molecule has 2 aromatic rings. The summed E-state index contributed by atoms with van der Waals surface area (Å²) in [5, 5.41) is 15.6. The first-order valence-electron chi connectivity index (χ1n) is 8.20. The van der Waals surface area contributed by atoms with Crippen molar-refractivity contribution < 1.29 is 4.79 Å². The number of nitrogens with one attached hydrogen (secondary N) is 1. The van der Waals surface area contributed by atoms with Crippen molar-refractivity contribution in [3.05, 3.63) is 35.8 Å². The largest absolute Gasteiger partial charge is 0.354 e. The molecule has 0 bridgehead atoms. The molecule has 0 saturated carbocycles. The fourth-order valence-electron chi connectivity index (χ4n) is 2.70. The van der Waals surface area contributed by atoms with E-state index in [1.807, 2.05) is 12.1 Å². The van der Waals surface area contributed by atoms with Gasteiger partial charge < -0.3 is 10.2 Å². The Morgan fingerprint density at radius 3 is 2.54 bits per heavy atom. The zero-order chi connectivity index (χ0) is 17.3. The van der Waals surface area contributed by atoms with Gasteiger partial charge in [-0.3, -0.25) is 9.48 Å². The summed E-state index contributed by atoms with van der Waals surface area (Å²) in [5.41, 5.74) is 1.58. The van der Waals surface area contributed by atoms with Gasteiger partial charge in [-0.05, 0) is 18.2 Å². The van der Waals surface area contributed by atoms with Crippen LogP contribution in [0.25, 0.3) is 0 Å². The summed E-state index contributed by atoms with van der Waals surface area (Å²) in [6.45, 7) is 8.81. The summed E-state index contributed by atoms with van der Waals surface area (Å²) in [4.78, 5) is 14.2. The lowest BCUT2D eigenvalue weighted by Gasteiger charge is -2.40. The molecule has 1 aliphatic rings. The van der Waals surface area contributed by atoms with Crippen molar-refractivity contribution in [2.45, 2.75) is 26.2 Å². The lowest BCUT2D eigenvalue weighted by atomic mass is 9.92. The maximum Gasteiger partial charge on any atom is 0.269 e. The zero-order valence-corrected chi connectivity index (χ0v) is 14.7. The number of hydrogen-bond donors (Lipinski definition) is 1. The Labute approximate surface area is 142 Å². The molecule has 0 radical (unpaired) electrons. The van der Waals surface area contributed by atoms with Gasteiger partial charge >= 0.3 is 0 Å². The molecule has 128 valence electrons. The van der Waals surface area contributed by atoms with Crippen LogP contribution in [-0.2, 0) is 12.5 Å². The van der Waals surface area contributed by atoms with E-state index in [4.69, 9.17) is 0 Å². The highest BCUT2D eigenvalue weighted by atomic mass is 16.2. The van der Waals surface area contributed by atoms with E-state index >= 15 is 0 Å². The number of carbonyl (C=O) groups is 1. The van der Waals surface area contributed by atoms with Gasteiger partial charge in [-0.15, -0.1) is 5.10 Å². The summed E-state index contributed by atoms with van der Waals surface area (Å²) in [6.07, 6.45) is 1.62. The molecule has 2 aromatic heterocycles. The Morgan fingerprint density at radius 1 is 1.25 bits per heavy atom. The number of rotatable bonds is 4. The standard InChI is InChI=1S/C17H24N6O/c1-17(2,3)14-5-6-15(21-20-14)23-10-12(11-23)9-18-16(24)13-7-8-19-22(13)4/h5-8,12H,9-11H2,1-4H3,(H,18,24). The molecule has 7 heteroatoms. The van der Waals surface area contributed by atoms with Gasteiger partial charge in [0.25, 0.3) is 5.91 Å². The number of carbonyl (C=O) groups excluding carboxylic acids is 1. The normalized spacial score (nSPS) is 15.2. The molecule has 0 unspecified atom stereocenters. The van der Waals surface area contributed by atoms with Crippen molar-refractivity contribution >= 4 is 11.7 Å². The highest BCUT2D eigenvalue weighted by Gasteiger charge is 2.29. The number of nitrogens with zero attached hydrogens (tertiary/aromatic N) is 5. The van der Waals surface area contributed by atoms with E-state index < -0.39 is 0 Å². The van der Waals surface area contributed by atoms with Crippen LogP contribution >= 0.6 is 0 Å². The Bertz CT molecular complexity index is 709. The second-order valence-corrected chi connectivity index (χ2v) is 7.35. The van der Waals surface area contributed by atoms with Crippen LogP contribution in [-0.4, -0.2) is 45.5 Å². The summed E-state index contributed by atoms with van der Waals surface area (Å²) >= 11 is 0. The number of amides is 1. The molecule has 0 spiro atoms. The molecule has 1 saturated heterocycles. The van der Waals surface area contributed by atoms with Crippen LogP contribution in [0.5, 0.6) is 0 Å². The van der Waals surface area contributed by atoms with Crippen LogP contribution in [0.2, 0.25) is 0 Å². The van der Waals surface area contributed by atoms with Gasteiger partial charge in [-0.1, -0.05) is 20.8 Å². The van der Waals surface area contributed by atoms with Crippen LogP contribution in [0.3, 0.4) is 0 Å². The Kier molecular flexibility index (Phi) is 4.26. The number of anilines is 1. The van der Waals surface area contributed by atoms with Crippen molar-refractivity contribution in [1.29, 1.82) is 0 Å². The van der Waals surface area contributed by atoms with Gasteiger partial charge in [0.15, 0.2) is 5.82 Å². The smallest absolute Gasteiger partial charge is 0.269 e. The average Bonchev–Trinajstić information content (AvgIpc) is 2.91. The van der Waals surface area contributed by atoms with E-state index in [9.17, 15) is 4.79 Å². The quantitative estimate of drug-likeness (QED) is 0.917. The van der Waals surface area contributed by atoms with Crippen LogP contribution in [0, 0.1) is 5.92 Å². The Morgan fingerprint density at radius 2 is 2.00 bits per heavy atom. The van der Waals surface area contributed by atoms with Crippen LogP contribution in [0.1, 0.15) is 37.0 Å². The van der Waals surface area contributed by atoms with Gasteiger partial charge in [0.2, 0.25) is 0 Å². The number of hydrogen-bond acceptors (Lipinski definition) is 5. The molecule has 1 N–H and O–H groups in total. The van der Waals surface area contributed by atoms with Gasteiger partial charge in [0.1, 0.15) is 5.69 Å². The maximum absolute atomic E-state index is 12.0. The van der Waals surface area contributed by atoms with Gasteiger partial charge in [-0.25, -0.2) is 0 Å². The van der Waals surface area contributed by atoms with Crippen molar-refractivity contribution in [3.8, 4) is 0 Å². The summed E-state index contributed by atoms with van der Waals surface area (Å²) in [7, 11) is 1.76. The number of aromatic nitrogens is 4. The molecule has 0 aromatic carbocycles. The fourth-order valence-corrected chi connectivity index (χ4v) is 2.70. The van der Waals surface area contributed by atoms with Crippen molar-refractivity contribution in [2.75, 3.05) is 24.5 Å². The molecule has 0 aliphatic carbocycles. The maximum atomic E-state index is 12.0. The molecule has 1 aliphatic heterocycles. The Balaban J connectivity index is 1.47. The van der Waals surface area contributed by atoms with E-state index in [0.717, 1.165) is 24.6 Å². The lowest BCUT2D eigenvalue weighted by Crippen LogP contribution is -2.52. The van der Waals surface area contributed by atoms with Gasteiger partial charge in [0.05, 0.1) is 5.69 Å². The molecule has 7 nitrogen and oxygen atoms in total. The zero-order valence-electron chi connectivity index (χ0n) is 14.7. The minimum Gasteiger partial charge on any atom is -0.354 e. The van der Waals surface area contributed by atoms with Gasteiger partial charge in [0, 0.05) is 44.2 Å². The predicted octanol–water partition coefficient (Wildman–Crippen LogP) is 1.37. The SMILES string of the molecule is Cn1nccc1C(=O)NCC1CN(c2ccc(C(C)(C)C)nn2)C1. The number of aryl methyl sites for hydroxylation is 1. The first kappa shape index (κ1) is 16.4. The van der Waals surface area contributed by atoms with Crippen molar-refractivity contribution in [3.63, 3.8) is 0 Å². The molecular weight excluding hydrogens is 304 g/mol. The Hall–Kier alpha value is -2.44. The van der Waals surface area contributed by atoms with Gasteiger partial charge in [-0.2, -0.15) is 10.2 Å². The molecule has 1 fully saturated rings. The minimum atomic E-state index is -0.0808. The van der Waals surface area contributed by atoms with Crippen LogP contribution in [0.4, 0.5) is 5.82 Å². The summed E-state index contributed by atoms with van der Waals surface area (Å²) in [5.74, 6) is 1.26. The predicted molar refractivity (Wildman–Crippen MR) is 92.0 cm³/mol. The molecule has 3 rings (SSSR count). The first-order chi connectivity index (χ1) is 11.3. The second kappa shape index (κ2) is 6.22. The fraction of sp³-hybridized carbons (Fsp3) is 0.529. The summed E-state index contributed by atoms with van der Waals surface area (Å²) in [6, 6.07) is 5.78.